The van der Waals surface area contributed by atoms with E-state index in [2.05, 4.69) is 20.6 Å². The Morgan fingerprint density at radius 1 is 1.25 bits per heavy atom. The summed E-state index contributed by atoms with van der Waals surface area (Å²) >= 11 is 0. The minimum atomic E-state index is -0.0372. The third kappa shape index (κ3) is 3.83. The first kappa shape index (κ1) is 22.1. The molecule has 3 aromatic rings. The van der Waals surface area contributed by atoms with Crippen LogP contribution in [0.3, 0.4) is 0 Å². The van der Waals surface area contributed by atoms with Crippen molar-refractivity contribution in [3.8, 4) is 5.69 Å². The molecule has 0 aliphatic carbocycles. The number of pyridine rings is 1. The van der Waals surface area contributed by atoms with E-state index < -0.39 is 0 Å². The minimum Gasteiger partial charge on any atom is -0.333 e. The van der Waals surface area contributed by atoms with Crippen molar-refractivity contribution in [3.63, 3.8) is 0 Å². The molecule has 0 spiro atoms. The van der Waals surface area contributed by atoms with Gasteiger partial charge in [-0.3, -0.25) is 9.78 Å². The molecule has 0 radical (unpaired) electrons. The Balaban J connectivity index is 0.00000140. The molecular weight excluding hydrogens is 399 g/mol. The Labute approximate surface area is 176 Å². The number of likely N-dealkylation sites (N-methyl/N-ethyl adjacent to an activating group) is 1. The summed E-state index contributed by atoms with van der Waals surface area (Å²) in [6, 6.07) is 10.00. The fraction of sp³-hybridized carbons (Fsp3) is 0.368. The van der Waals surface area contributed by atoms with Gasteiger partial charge in [0.1, 0.15) is 0 Å². The number of carbonyl (C=O) groups is 1. The molecule has 1 aliphatic rings. The summed E-state index contributed by atoms with van der Waals surface area (Å²) in [6.07, 6.45) is 3.82. The number of fused-ring (bicyclic) bond motifs is 1. The summed E-state index contributed by atoms with van der Waals surface area (Å²) in [5, 5.41) is 12.6. The summed E-state index contributed by atoms with van der Waals surface area (Å²) in [6.45, 7) is 3.47. The molecule has 1 aliphatic heterocycles. The van der Waals surface area contributed by atoms with Gasteiger partial charge in [-0.15, -0.1) is 29.9 Å². The number of benzene rings is 1. The van der Waals surface area contributed by atoms with Crippen LogP contribution in [0, 0.1) is 6.92 Å². The van der Waals surface area contributed by atoms with Gasteiger partial charge in [0, 0.05) is 30.7 Å². The van der Waals surface area contributed by atoms with Gasteiger partial charge in [0.05, 0.1) is 16.9 Å². The van der Waals surface area contributed by atoms with Crippen molar-refractivity contribution in [2.24, 2.45) is 0 Å². The van der Waals surface area contributed by atoms with Gasteiger partial charge in [0.25, 0.3) is 5.91 Å². The van der Waals surface area contributed by atoms with Crippen molar-refractivity contribution in [2.45, 2.75) is 25.8 Å². The highest BCUT2D eigenvalue weighted by atomic mass is 35.5. The highest BCUT2D eigenvalue weighted by molar-refractivity contribution is 5.94. The second-order valence-electron chi connectivity index (χ2n) is 6.63. The topological polar surface area (TPSA) is 75.9 Å². The van der Waals surface area contributed by atoms with Crippen molar-refractivity contribution < 1.29 is 4.79 Å². The summed E-state index contributed by atoms with van der Waals surface area (Å²) in [7, 11) is 1.91. The van der Waals surface area contributed by atoms with E-state index in [-0.39, 0.29) is 36.8 Å². The van der Waals surface area contributed by atoms with E-state index in [9.17, 15) is 4.79 Å². The molecule has 1 fully saturated rings. The number of hydrogen-bond acceptors (Lipinski definition) is 5. The highest BCUT2D eigenvalue weighted by Gasteiger charge is 2.31. The van der Waals surface area contributed by atoms with Gasteiger partial charge in [-0.2, -0.15) is 0 Å². The molecule has 1 atom stereocenters. The molecule has 150 valence electrons. The Morgan fingerprint density at radius 3 is 2.86 bits per heavy atom. The molecule has 28 heavy (non-hydrogen) atoms. The molecule has 1 unspecified atom stereocenters. The molecule has 7 nitrogen and oxygen atoms in total. The van der Waals surface area contributed by atoms with Crippen molar-refractivity contribution >= 4 is 41.6 Å². The van der Waals surface area contributed by atoms with Crippen LogP contribution in [0.1, 0.15) is 29.0 Å². The standard InChI is InChI=1S/C19H22N6O.2ClH/c1-13-18(19(26)24-11-5-6-14(24)12-20-2)22-23-25(13)17-9-3-8-16-15(17)7-4-10-21-16;;/h3-4,7-10,14,20H,5-6,11-12H2,1-2H3;2*1H. The second kappa shape index (κ2) is 9.32. The maximum atomic E-state index is 13.0. The molecule has 9 heteroatoms. The summed E-state index contributed by atoms with van der Waals surface area (Å²) in [5.41, 5.74) is 2.95. The second-order valence-corrected chi connectivity index (χ2v) is 6.63. The number of carbonyl (C=O) groups excluding carboxylic acids is 1. The van der Waals surface area contributed by atoms with Gasteiger partial charge in [0.15, 0.2) is 5.69 Å². The molecular formula is C19H24Cl2N6O. The maximum absolute atomic E-state index is 13.0. The van der Waals surface area contributed by atoms with E-state index in [4.69, 9.17) is 0 Å². The van der Waals surface area contributed by atoms with Crippen LogP contribution in [0.5, 0.6) is 0 Å². The molecule has 1 amide bonds. The SMILES string of the molecule is CNCC1CCCN1C(=O)c1nnn(-c2cccc3ncccc23)c1C.Cl.Cl. The lowest BCUT2D eigenvalue weighted by Crippen LogP contribution is -2.41. The first-order valence-corrected chi connectivity index (χ1v) is 8.92. The Bertz CT molecular complexity index is 955. The number of nitrogens with one attached hydrogen (secondary N) is 1. The Kier molecular flexibility index (Phi) is 7.35. The van der Waals surface area contributed by atoms with Gasteiger partial charge in [0.2, 0.25) is 0 Å². The van der Waals surface area contributed by atoms with E-state index in [1.165, 1.54) is 0 Å². The lowest BCUT2D eigenvalue weighted by molar-refractivity contribution is 0.0730. The van der Waals surface area contributed by atoms with E-state index in [1.54, 1.807) is 10.9 Å². The number of aromatic nitrogens is 4. The third-order valence-corrected chi connectivity index (χ3v) is 5.03. The average Bonchev–Trinajstić information content (AvgIpc) is 3.28. The van der Waals surface area contributed by atoms with Gasteiger partial charge in [-0.05, 0) is 51.1 Å². The summed E-state index contributed by atoms with van der Waals surface area (Å²) in [4.78, 5) is 19.3. The number of likely N-dealkylation sites (tertiary alicyclic amines) is 1. The number of amides is 1. The molecule has 0 saturated carbocycles. The predicted octanol–water partition coefficient (Wildman–Crippen LogP) is 2.79. The van der Waals surface area contributed by atoms with E-state index in [0.29, 0.717) is 5.69 Å². The molecule has 2 aromatic heterocycles. The van der Waals surface area contributed by atoms with Crippen LogP contribution in [-0.2, 0) is 0 Å². The smallest absolute Gasteiger partial charge is 0.276 e. The minimum absolute atomic E-state index is 0. The molecule has 4 rings (SSSR count). The van der Waals surface area contributed by atoms with Crippen molar-refractivity contribution in [3.05, 3.63) is 47.9 Å². The quantitative estimate of drug-likeness (QED) is 0.699. The Morgan fingerprint density at radius 2 is 2.07 bits per heavy atom. The fourth-order valence-corrected chi connectivity index (χ4v) is 3.71. The largest absolute Gasteiger partial charge is 0.333 e. The Hall–Kier alpha value is -2.22. The number of nitrogens with zero attached hydrogens (tertiary/aromatic N) is 5. The van der Waals surface area contributed by atoms with Crippen molar-refractivity contribution in [1.29, 1.82) is 0 Å². The molecule has 1 N–H and O–H groups in total. The zero-order valence-corrected chi connectivity index (χ0v) is 17.5. The van der Waals surface area contributed by atoms with Gasteiger partial charge in [-0.25, -0.2) is 4.68 Å². The molecule has 1 aromatic carbocycles. The lowest BCUT2D eigenvalue weighted by Gasteiger charge is -2.23. The van der Waals surface area contributed by atoms with Crippen LogP contribution in [-0.4, -0.2) is 57.0 Å². The fourth-order valence-electron chi connectivity index (χ4n) is 3.71. The lowest BCUT2D eigenvalue weighted by atomic mass is 10.1. The zero-order valence-electron chi connectivity index (χ0n) is 15.8. The molecule has 3 heterocycles. The van der Waals surface area contributed by atoms with Crippen LogP contribution in [0.4, 0.5) is 0 Å². The number of rotatable bonds is 4. The number of halogens is 2. The van der Waals surface area contributed by atoms with Crippen molar-refractivity contribution in [2.75, 3.05) is 20.1 Å². The monoisotopic (exact) mass is 422 g/mol. The van der Waals surface area contributed by atoms with Gasteiger partial charge >= 0.3 is 0 Å². The third-order valence-electron chi connectivity index (χ3n) is 5.03. The highest BCUT2D eigenvalue weighted by Crippen LogP contribution is 2.24. The maximum Gasteiger partial charge on any atom is 0.276 e. The summed E-state index contributed by atoms with van der Waals surface area (Å²) < 4.78 is 1.74. The van der Waals surface area contributed by atoms with E-state index >= 15 is 0 Å². The number of hydrogen-bond donors (Lipinski definition) is 1. The van der Waals surface area contributed by atoms with Crippen LogP contribution >= 0.6 is 24.8 Å². The molecule has 1 saturated heterocycles. The first-order valence-electron chi connectivity index (χ1n) is 8.92. The van der Waals surface area contributed by atoms with E-state index in [0.717, 1.165) is 48.2 Å². The molecule has 0 bridgehead atoms. The van der Waals surface area contributed by atoms with E-state index in [1.807, 2.05) is 49.2 Å². The van der Waals surface area contributed by atoms with Crippen LogP contribution in [0.15, 0.2) is 36.5 Å². The predicted molar refractivity (Wildman–Crippen MR) is 114 cm³/mol. The normalized spacial score (nSPS) is 15.9. The van der Waals surface area contributed by atoms with Gasteiger partial charge < -0.3 is 10.2 Å². The van der Waals surface area contributed by atoms with Gasteiger partial charge in [-0.1, -0.05) is 11.3 Å². The van der Waals surface area contributed by atoms with Crippen LogP contribution < -0.4 is 5.32 Å². The first-order chi connectivity index (χ1) is 12.7. The van der Waals surface area contributed by atoms with Crippen LogP contribution in [0.2, 0.25) is 0 Å². The summed E-state index contributed by atoms with van der Waals surface area (Å²) in [5.74, 6) is -0.0372. The zero-order chi connectivity index (χ0) is 18.1. The van der Waals surface area contributed by atoms with Crippen molar-refractivity contribution in [1.82, 2.24) is 30.2 Å². The van der Waals surface area contributed by atoms with Crippen LogP contribution in [0.25, 0.3) is 16.6 Å². The average molecular weight is 423 g/mol.